The maximum atomic E-state index is 13.1. The normalized spacial score (nSPS) is 14.9. The minimum Gasteiger partial charge on any atom is -0.507 e. The van der Waals surface area contributed by atoms with E-state index in [-0.39, 0.29) is 22.0 Å². The van der Waals surface area contributed by atoms with E-state index in [4.69, 9.17) is 16.3 Å². The number of nitrogens with one attached hydrogen (secondary N) is 1. The molecule has 2 aromatic carbocycles. The van der Waals surface area contributed by atoms with Gasteiger partial charge in [0.1, 0.15) is 5.75 Å². The fourth-order valence-corrected chi connectivity index (χ4v) is 2.94. The Morgan fingerprint density at radius 3 is 2.52 bits per heavy atom. The van der Waals surface area contributed by atoms with Gasteiger partial charge in [-0.1, -0.05) is 11.6 Å². The predicted molar refractivity (Wildman–Crippen MR) is 95.5 cm³/mol. The fraction of sp³-hybridized carbons (Fsp3) is 0.278. The zero-order valence-corrected chi connectivity index (χ0v) is 14.8. The monoisotopic (exact) mass is 400 g/mol. The van der Waals surface area contributed by atoms with E-state index < -0.39 is 17.6 Å². The molecule has 0 atom stereocenters. The maximum Gasteiger partial charge on any atom is 0.416 e. The summed E-state index contributed by atoms with van der Waals surface area (Å²) in [7, 11) is 0. The van der Waals surface area contributed by atoms with Crippen LogP contribution in [0.25, 0.3) is 0 Å². The van der Waals surface area contributed by atoms with E-state index in [9.17, 15) is 23.1 Å². The molecule has 1 saturated heterocycles. The summed E-state index contributed by atoms with van der Waals surface area (Å²) in [4.78, 5) is 14.4. The van der Waals surface area contributed by atoms with Gasteiger partial charge in [-0.3, -0.25) is 4.79 Å². The van der Waals surface area contributed by atoms with E-state index in [1.165, 1.54) is 24.3 Å². The van der Waals surface area contributed by atoms with Crippen LogP contribution in [-0.2, 0) is 10.9 Å². The molecule has 0 aliphatic carbocycles. The molecule has 1 aliphatic rings. The molecule has 9 heteroatoms. The number of phenolic OH excluding ortho intramolecular Hbond substituents is 1. The van der Waals surface area contributed by atoms with E-state index in [0.717, 1.165) is 12.1 Å². The summed E-state index contributed by atoms with van der Waals surface area (Å²) >= 11 is 5.84. The first-order chi connectivity index (χ1) is 12.8. The summed E-state index contributed by atoms with van der Waals surface area (Å²) in [5, 5.41) is 12.5. The molecule has 0 bridgehead atoms. The average Bonchev–Trinajstić information content (AvgIpc) is 2.63. The molecule has 2 aromatic rings. The van der Waals surface area contributed by atoms with Crippen LogP contribution in [0.2, 0.25) is 5.02 Å². The Labute approximate surface area is 158 Å². The van der Waals surface area contributed by atoms with E-state index >= 15 is 0 Å². The van der Waals surface area contributed by atoms with Gasteiger partial charge in [-0.25, -0.2) is 0 Å². The number of benzene rings is 2. The van der Waals surface area contributed by atoms with Crippen molar-refractivity contribution < 1.29 is 27.8 Å². The second-order valence-electron chi connectivity index (χ2n) is 5.94. The van der Waals surface area contributed by atoms with Gasteiger partial charge in [-0.05, 0) is 36.4 Å². The van der Waals surface area contributed by atoms with Crippen LogP contribution in [0.4, 0.5) is 24.5 Å². The first kappa shape index (κ1) is 19.3. The number of morpholine rings is 1. The van der Waals surface area contributed by atoms with Gasteiger partial charge in [0.25, 0.3) is 5.91 Å². The Hall–Kier alpha value is -2.45. The lowest BCUT2D eigenvalue weighted by Gasteiger charge is -2.31. The Balaban J connectivity index is 1.97. The maximum absolute atomic E-state index is 13.1. The van der Waals surface area contributed by atoms with Crippen LogP contribution in [0, 0.1) is 0 Å². The number of anilines is 2. The van der Waals surface area contributed by atoms with Crippen molar-refractivity contribution in [1.29, 1.82) is 0 Å². The van der Waals surface area contributed by atoms with Crippen LogP contribution < -0.4 is 10.2 Å². The summed E-state index contributed by atoms with van der Waals surface area (Å²) in [6.45, 7) is 1.83. The molecule has 1 fully saturated rings. The number of halogens is 4. The molecule has 5 nitrogen and oxygen atoms in total. The zero-order valence-electron chi connectivity index (χ0n) is 14.0. The van der Waals surface area contributed by atoms with Crippen molar-refractivity contribution in [2.75, 3.05) is 36.5 Å². The standard InChI is InChI=1S/C18H16ClF3N2O3/c19-12-2-4-16(25)13(10-12)17(26)23-14-9-11(18(20,21)22)1-3-15(14)24-5-7-27-8-6-24/h1-4,9-10,25H,5-8H2,(H,23,26). The lowest BCUT2D eigenvalue weighted by atomic mass is 10.1. The van der Waals surface area contributed by atoms with Crippen LogP contribution in [0.1, 0.15) is 15.9 Å². The summed E-state index contributed by atoms with van der Waals surface area (Å²) in [5.74, 6) is -1.08. The molecule has 0 unspecified atom stereocenters. The number of carbonyl (C=O) groups excluding carboxylic acids is 1. The summed E-state index contributed by atoms with van der Waals surface area (Å²) in [6.07, 6.45) is -4.55. The van der Waals surface area contributed by atoms with Gasteiger partial charge in [0.2, 0.25) is 0 Å². The molecule has 3 rings (SSSR count). The van der Waals surface area contributed by atoms with Crippen LogP contribution in [0.15, 0.2) is 36.4 Å². The lowest BCUT2D eigenvalue weighted by Crippen LogP contribution is -2.36. The van der Waals surface area contributed by atoms with E-state index in [1.807, 2.05) is 4.90 Å². The Bertz CT molecular complexity index is 852. The SMILES string of the molecule is O=C(Nc1cc(C(F)(F)F)ccc1N1CCOCC1)c1cc(Cl)ccc1O. The third-order valence-corrected chi connectivity index (χ3v) is 4.36. The summed E-state index contributed by atoms with van der Waals surface area (Å²) < 4.78 is 44.6. The fourth-order valence-electron chi connectivity index (χ4n) is 2.77. The number of phenols is 1. The highest BCUT2D eigenvalue weighted by atomic mass is 35.5. The Kier molecular flexibility index (Phi) is 5.48. The average molecular weight is 401 g/mol. The van der Waals surface area contributed by atoms with Crippen molar-refractivity contribution in [2.45, 2.75) is 6.18 Å². The zero-order chi connectivity index (χ0) is 19.6. The van der Waals surface area contributed by atoms with Gasteiger partial charge in [-0.15, -0.1) is 0 Å². The van der Waals surface area contributed by atoms with Gasteiger partial charge >= 0.3 is 6.18 Å². The molecule has 0 radical (unpaired) electrons. The van der Waals surface area contributed by atoms with Crippen molar-refractivity contribution in [1.82, 2.24) is 0 Å². The largest absolute Gasteiger partial charge is 0.507 e. The number of alkyl halides is 3. The lowest BCUT2D eigenvalue weighted by molar-refractivity contribution is -0.137. The summed E-state index contributed by atoms with van der Waals surface area (Å²) in [5.41, 5.74) is -0.574. The highest BCUT2D eigenvalue weighted by Gasteiger charge is 2.32. The first-order valence-electron chi connectivity index (χ1n) is 8.09. The van der Waals surface area contributed by atoms with Crippen LogP contribution >= 0.6 is 11.6 Å². The minimum absolute atomic E-state index is 0.00361. The van der Waals surface area contributed by atoms with Gasteiger partial charge in [-0.2, -0.15) is 13.2 Å². The number of amides is 1. The number of aromatic hydroxyl groups is 1. The predicted octanol–water partition coefficient (Wildman–Crippen LogP) is 4.15. The number of hydrogen-bond donors (Lipinski definition) is 2. The van der Waals surface area contributed by atoms with Crippen molar-refractivity contribution >= 4 is 28.9 Å². The number of rotatable bonds is 3. The van der Waals surface area contributed by atoms with Crippen molar-refractivity contribution in [3.63, 3.8) is 0 Å². The molecule has 1 amide bonds. The summed E-state index contributed by atoms with van der Waals surface area (Å²) in [6, 6.07) is 7.06. The number of ether oxygens (including phenoxy) is 1. The minimum atomic E-state index is -4.55. The number of nitrogens with zero attached hydrogens (tertiary/aromatic N) is 1. The molecular formula is C18H16ClF3N2O3. The van der Waals surface area contributed by atoms with Crippen molar-refractivity contribution in [3.05, 3.63) is 52.5 Å². The molecule has 144 valence electrons. The van der Waals surface area contributed by atoms with Gasteiger partial charge in [0.15, 0.2) is 0 Å². The molecule has 0 spiro atoms. The van der Waals surface area contributed by atoms with Gasteiger partial charge < -0.3 is 20.1 Å². The molecule has 1 aliphatic heterocycles. The Morgan fingerprint density at radius 2 is 1.85 bits per heavy atom. The molecule has 0 aromatic heterocycles. The third-order valence-electron chi connectivity index (χ3n) is 4.13. The second-order valence-corrected chi connectivity index (χ2v) is 6.38. The van der Waals surface area contributed by atoms with Crippen molar-refractivity contribution in [3.8, 4) is 5.75 Å². The molecule has 0 saturated carbocycles. The Morgan fingerprint density at radius 1 is 1.15 bits per heavy atom. The topological polar surface area (TPSA) is 61.8 Å². The highest BCUT2D eigenvalue weighted by Crippen LogP contribution is 2.36. The third kappa shape index (κ3) is 4.45. The second kappa shape index (κ2) is 7.66. The van der Waals surface area contributed by atoms with Crippen molar-refractivity contribution in [2.24, 2.45) is 0 Å². The van der Waals surface area contributed by atoms with Crippen LogP contribution in [0.5, 0.6) is 5.75 Å². The highest BCUT2D eigenvalue weighted by molar-refractivity contribution is 6.31. The van der Waals surface area contributed by atoms with Gasteiger partial charge in [0, 0.05) is 18.1 Å². The molecule has 27 heavy (non-hydrogen) atoms. The quantitative estimate of drug-likeness (QED) is 0.812. The molecular weight excluding hydrogens is 385 g/mol. The smallest absolute Gasteiger partial charge is 0.416 e. The number of carbonyl (C=O) groups is 1. The van der Waals surface area contributed by atoms with Crippen LogP contribution in [0.3, 0.4) is 0 Å². The molecule has 2 N–H and O–H groups in total. The molecule has 1 heterocycles. The number of hydrogen-bond acceptors (Lipinski definition) is 4. The first-order valence-corrected chi connectivity index (χ1v) is 8.47. The van der Waals surface area contributed by atoms with E-state index in [0.29, 0.717) is 32.0 Å². The van der Waals surface area contributed by atoms with E-state index in [2.05, 4.69) is 5.32 Å². The van der Waals surface area contributed by atoms with E-state index in [1.54, 1.807) is 0 Å². The van der Waals surface area contributed by atoms with Gasteiger partial charge in [0.05, 0.1) is 35.7 Å². The van der Waals surface area contributed by atoms with Crippen LogP contribution in [-0.4, -0.2) is 37.3 Å².